The number of hydrogen-bond donors (Lipinski definition) is 2. The molecule has 0 aromatic heterocycles. The third-order valence-corrected chi connectivity index (χ3v) is 1.87. The summed E-state index contributed by atoms with van der Waals surface area (Å²) in [7, 11) is 0. The Balaban J connectivity index is 4.24. The lowest BCUT2D eigenvalue weighted by atomic mass is 10.2. The average molecular weight is 243 g/mol. The molecule has 0 aliphatic carbocycles. The maximum atomic E-state index is 12.1. The fraction of sp³-hybridized carbons (Fsp3) is 0.889. The molecule has 16 heavy (non-hydrogen) atoms. The molecular formula is C9H16F3NO3. The highest BCUT2D eigenvalue weighted by molar-refractivity contribution is 5.76. The van der Waals surface area contributed by atoms with Gasteiger partial charge in [-0.05, 0) is 13.3 Å². The van der Waals surface area contributed by atoms with Gasteiger partial charge < -0.3 is 15.1 Å². The van der Waals surface area contributed by atoms with Crippen LogP contribution in [0, 0.1) is 0 Å². The number of carbonyl (C=O) groups is 1. The molecular weight excluding hydrogens is 227 g/mol. The lowest BCUT2D eigenvalue weighted by Gasteiger charge is -2.23. The van der Waals surface area contributed by atoms with Crippen molar-refractivity contribution < 1.29 is 28.2 Å². The van der Waals surface area contributed by atoms with Crippen molar-refractivity contribution in [2.45, 2.75) is 32.0 Å². The normalized spacial score (nSPS) is 13.6. The first-order valence-electron chi connectivity index (χ1n) is 4.89. The third-order valence-electron chi connectivity index (χ3n) is 1.87. The number of amides is 1. The topological polar surface area (TPSA) is 60.8 Å². The summed E-state index contributed by atoms with van der Waals surface area (Å²) in [5, 5.41) is 17.5. The Hall–Kier alpha value is -0.820. The Morgan fingerprint density at radius 3 is 2.38 bits per heavy atom. The van der Waals surface area contributed by atoms with Gasteiger partial charge >= 0.3 is 6.18 Å². The Bertz CT molecular complexity index is 219. The molecule has 0 radical (unpaired) electrons. The summed E-state index contributed by atoms with van der Waals surface area (Å²) in [5.74, 6) is -0.715. The maximum absolute atomic E-state index is 12.1. The van der Waals surface area contributed by atoms with Gasteiger partial charge in [0.05, 0.1) is 12.7 Å². The first kappa shape index (κ1) is 15.2. The van der Waals surface area contributed by atoms with Crippen molar-refractivity contribution in [2.75, 3.05) is 19.7 Å². The molecule has 0 aliphatic heterocycles. The molecule has 0 aromatic carbocycles. The zero-order valence-electron chi connectivity index (χ0n) is 9.00. The zero-order chi connectivity index (χ0) is 12.8. The number of rotatable bonds is 6. The minimum Gasteiger partial charge on any atom is -0.395 e. The fourth-order valence-corrected chi connectivity index (χ4v) is 1.12. The number of nitrogens with zero attached hydrogens (tertiary/aromatic N) is 1. The first-order valence-corrected chi connectivity index (χ1v) is 4.89. The fourth-order valence-electron chi connectivity index (χ4n) is 1.12. The average Bonchev–Trinajstić information content (AvgIpc) is 2.11. The van der Waals surface area contributed by atoms with Crippen molar-refractivity contribution in [1.82, 2.24) is 4.90 Å². The van der Waals surface area contributed by atoms with Gasteiger partial charge in [0.1, 0.15) is 6.54 Å². The van der Waals surface area contributed by atoms with Gasteiger partial charge in [0, 0.05) is 13.0 Å². The van der Waals surface area contributed by atoms with Gasteiger partial charge in [0.25, 0.3) is 0 Å². The molecule has 7 heteroatoms. The monoisotopic (exact) mass is 243 g/mol. The third kappa shape index (κ3) is 7.47. The summed E-state index contributed by atoms with van der Waals surface area (Å²) in [6, 6.07) is 0. The molecule has 0 saturated carbocycles. The Kier molecular flexibility index (Phi) is 6.35. The first-order chi connectivity index (χ1) is 7.26. The molecule has 0 bridgehead atoms. The summed E-state index contributed by atoms with van der Waals surface area (Å²) < 4.78 is 36.2. The van der Waals surface area contributed by atoms with Gasteiger partial charge in [-0.3, -0.25) is 4.79 Å². The number of halogens is 3. The zero-order valence-corrected chi connectivity index (χ0v) is 9.00. The number of alkyl halides is 3. The molecule has 0 rings (SSSR count). The lowest BCUT2D eigenvalue weighted by molar-refractivity contribution is -0.162. The Labute approximate surface area is 91.7 Å². The van der Waals surface area contributed by atoms with Crippen LogP contribution in [0.25, 0.3) is 0 Å². The van der Waals surface area contributed by atoms with Crippen molar-refractivity contribution in [2.24, 2.45) is 0 Å². The second-order valence-electron chi connectivity index (χ2n) is 3.54. The molecule has 4 nitrogen and oxygen atoms in total. The molecule has 2 N–H and O–H groups in total. The molecule has 0 heterocycles. The molecule has 0 aliphatic rings. The van der Waals surface area contributed by atoms with E-state index in [1.165, 1.54) is 6.92 Å². The Morgan fingerprint density at radius 2 is 2.00 bits per heavy atom. The second kappa shape index (κ2) is 6.70. The van der Waals surface area contributed by atoms with E-state index in [0.29, 0.717) is 4.90 Å². The van der Waals surface area contributed by atoms with E-state index in [1.807, 2.05) is 0 Å². The van der Waals surface area contributed by atoms with E-state index in [1.54, 1.807) is 0 Å². The van der Waals surface area contributed by atoms with Crippen molar-refractivity contribution in [1.29, 1.82) is 0 Å². The summed E-state index contributed by atoms with van der Waals surface area (Å²) in [6.07, 6.45) is -5.26. The van der Waals surface area contributed by atoms with Gasteiger partial charge in [0.2, 0.25) is 5.91 Å². The number of aliphatic hydroxyl groups is 2. The van der Waals surface area contributed by atoms with E-state index in [9.17, 15) is 18.0 Å². The van der Waals surface area contributed by atoms with Crippen LogP contribution in [0.2, 0.25) is 0 Å². The minimum atomic E-state index is -4.48. The van der Waals surface area contributed by atoms with E-state index in [0.717, 1.165) is 0 Å². The van der Waals surface area contributed by atoms with Gasteiger partial charge in [-0.15, -0.1) is 0 Å². The van der Waals surface area contributed by atoms with E-state index in [2.05, 4.69) is 0 Å². The van der Waals surface area contributed by atoms with Crippen LogP contribution in [-0.4, -0.2) is 53.0 Å². The highest BCUT2D eigenvalue weighted by Gasteiger charge is 2.32. The number of aliphatic hydroxyl groups excluding tert-OH is 2. The SMILES string of the molecule is CC(O)CCC(=O)N(CCO)CC(F)(F)F. The maximum Gasteiger partial charge on any atom is 0.406 e. The predicted molar refractivity (Wildman–Crippen MR) is 50.6 cm³/mol. The van der Waals surface area contributed by atoms with Crippen LogP contribution >= 0.6 is 0 Å². The molecule has 96 valence electrons. The van der Waals surface area contributed by atoms with Crippen molar-refractivity contribution in [3.8, 4) is 0 Å². The summed E-state index contributed by atoms with van der Waals surface area (Å²) in [5.41, 5.74) is 0. The number of carbonyl (C=O) groups excluding carboxylic acids is 1. The molecule has 0 aromatic rings. The summed E-state index contributed by atoms with van der Waals surface area (Å²) >= 11 is 0. The van der Waals surface area contributed by atoms with E-state index in [-0.39, 0.29) is 19.4 Å². The van der Waals surface area contributed by atoms with Gasteiger partial charge in [-0.25, -0.2) is 0 Å². The minimum absolute atomic E-state index is 0.110. The largest absolute Gasteiger partial charge is 0.406 e. The van der Waals surface area contributed by atoms with Crippen LogP contribution in [0.4, 0.5) is 13.2 Å². The van der Waals surface area contributed by atoms with Crippen molar-refractivity contribution in [3.63, 3.8) is 0 Å². The van der Waals surface area contributed by atoms with Crippen LogP contribution in [0.5, 0.6) is 0 Å². The van der Waals surface area contributed by atoms with Crippen LogP contribution in [0.15, 0.2) is 0 Å². The quantitative estimate of drug-likeness (QED) is 0.715. The molecule has 0 fully saturated rings. The molecule has 1 amide bonds. The molecule has 1 atom stereocenters. The van der Waals surface area contributed by atoms with Gasteiger partial charge in [-0.1, -0.05) is 0 Å². The second-order valence-corrected chi connectivity index (χ2v) is 3.54. The predicted octanol–water partition coefficient (Wildman–Crippen LogP) is 0.531. The van der Waals surface area contributed by atoms with E-state index in [4.69, 9.17) is 10.2 Å². The van der Waals surface area contributed by atoms with Gasteiger partial charge in [-0.2, -0.15) is 13.2 Å². The summed E-state index contributed by atoms with van der Waals surface area (Å²) in [6.45, 7) is -0.783. The summed E-state index contributed by atoms with van der Waals surface area (Å²) in [4.78, 5) is 11.9. The standard InChI is InChI=1S/C9H16F3NO3/c1-7(15)2-3-8(16)13(4-5-14)6-9(10,11)12/h7,14-15H,2-6H2,1H3. The highest BCUT2D eigenvalue weighted by atomic mass is 19.4. The van der Waals surface area contributed by atoms with E-state index >= 15 is 0 Å². The molecule has 1 unspecified atom stereocenters. The van der Waals surface area contributed by atoms with Crippen molar-refractivity contribution in [3.05, 3.63) is 0 Å². The Morgan fingerprint density at radius 1 is 1.44 bits per heavy atom. The van der Waals surface area contributed by atoms with Gasteiger partial charge in [0.15, 0.2) is 0 Å². The van der Waals surface area contributed by atoms with E-state index < -0.39 is 31.3 Å². The van der Waals surface area contributed by atoms with Crippen molar-refractivity contribution >= 4 is 5.91 Å². The lowest BCUT2D eigenvalue weighted by Crippen LogP contribution is -2.40. The molecule has 0 saturated heterocycles. The van der Waals surface area contributed by atoms with Crippen LogP contribution in [0.1, 0.15) is 19.8 Å². The highest BCUT2D eigenvalue weighted by Crippen LogP contribution is 2.17. The number of hydrogen-bond acceptors (Lipinski definition) is 3. The van der Waals surface area contributed by atoms with Crippen LogP contribution in [-0.2, 0) is 4.79 Å². The smallest absolute Gasteiger partial charge is 0.395 e. The van der Waals surface area contributed by atoms with Crippen LogP contribution < -0.4 is 0 Å². The van der Waals surface area contributed by atoms with Crippen LogP contribution in [0.3, 0.4) is 0 Å². The molecule has 0 spiro atoms.